The third kappa shape index (κ3) is 6.93. The van der Waals surface area contributed by atoms with Crippen LogP contribution in [0.4, 0.5) is 0 Å². The molecule has 0 aliphatic heterocycles. The molecular weight excluding hydrogens is 853 g/mol. The van der Waals surface area contributed by atoms with Gasteiger partial charge in [0.1, 0.15) is 11.5 Å². The van der Waals surface area contributed by atoms with Crippen LogP contribution in [-0.4, -0.2) is 19.3 Å². The fourth-order valence-corrected chi connectivity index (χ4v) is 10.6. The Bertz CT molecular complexity index is 3620. The SMILES string of the molecule is Oc1ccc(O)c(-c2ccc(-n3c4ccc(-c5ccccc5)cc4c4cc(-c5ccccc5)ccc43)cc2)c1-c1ccc(-n2c3ccc(-c4ccccc4)cc3c3cc(-c4ccccc4)ccc32)cc1. The van der Waals surface area contributed by atoms with Gasteiger partial charge in [0.25, 0.3) is 0 Å². The molecule has 70 heavy (non-hydrogen) atoms. The molecule has 0 amide bonds. The van der Waals surface area contributed by atoms with Crippen molar-refractivity contribution in [3.8, 4) is 89.6 Å². The van der Waals surface area contributed by atoms with Gasteiger partial charge in [-0.25, -0.2) is 0 Å². The molecule has 0 unspecified atom stereocenters. The van der Waals surface area contributed by atoms with E-state index in [1.54, 1.807) is 12.1 Å². The molecule has 13 rings (SSSR count). The normalized spacial score (nSPS) is 11.5. The van der Waals surface area contributed by atoms with Crippen LogP contribution in [0.1, 0.15) is 0 Å². The van der Waals surface area contributed by atoms with Gasteiger partial charge >= 0.3 is 0 Å². The van der Waals surface area contributed by atoms with Gasteiger partial charge in [-0.1, -0.05) is 170 Å². The van der Waals surface area contributed by atoms with Gasteiger partial charge in [-0.05, 0) is 141 Å². The van der Waals surface area contributed by atoms with Gasteiger partial charge in [-0.2, -0.15) is 0 Å². The molecule has 0 aliphatic carbocycles. The predicted molar refractivity (Wildman–Crippen MR) is 291 cm³/mol. The van der Waals surface area contributed by atoms with Crippen LogP contribution in [-0.2, 0) is 0 Å². The van der Waals surface area contributed by atoms with Crippen molar-refractivity contribution in [2.75, 3.05) is 0 Å². The number of hydrogen-bond acceptors (Lipinski definition) is 2. The topological polar surface area (TPSA) is 50.3 Å². The van der Waals surface area contributed by atoms with Crippen molar-refractivity contribution in [3.05, 3.63) is 255 Å². The van der Waals surface area contributed by atoms with E-state index in [-0.39, 0.29) is 11.5 Å². The fourth-order valence-electron chi connectivity index (χ4n) is 10.6. The maximum absolute atomic E-state index is 11.6. The number of aromatic nitrogens is 2. The summed E-state index contributed by atoms with van der Waals surface area (Å²) in [5.74, 6) is 0.184. The average molecular weight is 897 g/mol. The molecule has 0 atom stereocenters. The van der Waals surface area contributed by atoms with Gasteiger partial charge in [0, 0.05) is 44.0 Å². The predicted octanol–water partition coefficient (Wildman–Crippen LogP) is 17.3. The number of nitrogens with zero attached hydrogens (tertiary/aromatic N) is 2. The summed E-state index contributed by atoms with van der Waals surface area (Å²) in [5.41, 5.74) is 18.5. The lowest BCUT2D eigenvalue weighted by molar-refractivity contribution is 0.463. The zero-order valence-electron chi connectivity index (χ0n) is 38.0. The summed E-state index contributed by atoms with van der Waals surface area (Å²) in [4.78, 5) is 0. The van der Waals surface area contributed by atoms with Gasteiger partial charge < -0.3 is 19.3 Å². The van der Waals surface area contributed by atoms with E-state index in [4.69, 9.17) is 0 Å². The van der Waals surface area contributed by atoms with E-state index in [1.807, 2.05) is 24.3 Å². The second kappa shape index (κ2) is 16.7. The smallest absolute Gasteiger partial charge is 0.124 e. The number of fused-ring (bicyclic) bond motifs is 6. The van der Waals surface area contributed by atoms with Crippen LogP contribution < -0.4 is 0 Å². The van der Waals surface area contributed by atoms with Gasteiger partial charge in [-0.3, -0.25) is 0 Å². The van der Waals surface area contributed by atoms with Crippen molar-refractivity contribution in [3.63, 3.8) is 0 Å². The second-order valence-corrected chi connectivity index (χ2v) is 18.0. The molecule has 0 aliphatic rings. The third-order valence-electron chi connectivity index (χ3n) is 13.9. The minimum absolute atomic E-state index is 0.0919. The Morgan fingerprint density at radius 1 is 0.214 bits per heavy atom. The molecule has 11 aromatic carbocycles. The Morgan fingerprint density at radius 3 is 0.714 bits per heavy atom. The van der Waals surface area contributed by atoms with Crippen molar-refractivity contribution in [2.45, 2.75) is 0 Å². The first-order valence-corrected chi connectivity index (χ1v) is 23.7. The molecule has 2 heterocycles. The standard InChI is InChI=1S/C66H44N2O2/c69-63-37-38-64(70)66(48-23-31-54(32-24-48)68-61-35-27-51(45-17-9-3-10-18-45)41-57(61)58-42-52(28-36-62(58)68)46-19-11-4-12-20-46)65(63)47-21-29-53(30-22-47)67-59-33-25-49(43-13-5-1-6-14-43)39-55(59)56-40-50(26-34-60(56)67)44-15-7-2-8-16-44/h1-42,69-70H. The minimum Gasteiger partial charge on any atom is -0.507 e. The van der Waals surface area contributed by atoms with Gasteiger partial charge in [0.15, 0.2) is 0 Å². The van der Waals surface area contributed by atoms with Crippen molar-refractivity contribution in [1.82, 2.24) is 9.13 Å². The molecule has 4 heteroatoms. The Balaban J connectivity index is 0.899. The van der Waals surface area contributed by atoms with Crippen LogP contribution in [0.5, 0.6) is 11.5 Å². The summed E-state index contributed by atoms with van der Waals surface area (Å²) in [6.45, 7) is 0. The van der Waals surface area contributed by atoms with E-state index >= 15 is 0 Å². The Labute approximate surface area is 405 Å². The molecule has 0 radical (unpaired) electrons. The minimum atomic E-state index is 0.0919. The highest BCUT2D eigenvalue weighted by Gasteiger charge is 2.21. The van der Waals surface area contributed by atoms with Crippen LogP contribution in [0, 0.1) is 0 Å². The monoisotopic (exact) mass is 896 g/mol. The van der Waals surface area contributed by atoms with Gasteiger partial charge in [0.2, 0.25) is 0 Å². The molecule has 13 aromatic rings. The molecule has 330 valence electrons. The van der Waals surface area contributed by atoms with Crippen LogP contribution in [0.2, 0.25) is 0 Å². The summed E-state index contributed by atoms with van der Waals surface area (Å²) >= 11 is 0. The summed E-state index contributed by atoms with van der Waals surface area (Å²) in [6.07, 6.45) is 0. The Kier molecular flexibility index (Phi) is 9.77. The first-order chi connectivity index (χ1) is 34.5. The lowest BCUT2D eigenvalue weighted by Crippen LogP contribution is -1.95. The largest absolute Gasteiger partial charge is 0.507 e. The van der Waals surface area contributed by atoms with Crippen molar-refractivity contribution < 1.29 is 10.2 Å². The van der Waals surface area contributed by atoms with Crippen LogP contribution in [0.3, 0.4) is 0 Å². The highest BCUT2D eigenvalue weighted by atomic mass is 16.3. The van der Waals surface area contributed by atoms with Crippen LogP contribution >= 0.6 is 0 Å². The summed E-state index contributed by atoms with van der Waals surface area (Å²) in [6, 6.07) is 88.8. The lowest BCUT2D eigenvalue weighted by atomic mass is 9.92. The highest BCUT2D eigenvalue weighted by molar-refractivity contribution is 6.13. The first kappa shape index (κ1) is 40.9. The quantitative estimate of drug-likeness (QED) is 0.149. The van der Waals surface area contributed by atoms with Crippen molar-refractivity contribution >= 4 is 43.6 Å². The summed E-state index contributed by atoms with van der Waals surface area (Å²) in [7, 11) is 0. The van der Waals surface area contributed by atoms with E-state index in [0.717, 1.165) is 66.8 Å². The van der Waals surface area contributed by atoms with E-state index in [9.17, 15) is 10.2 Å². The maximum atomic E-state index is 11.6. The zero-order valence-corrected chi connectivity index (χ0v) is 38.0. The average Bonchev–Trinajstić information content (AvgIpc) is 3.94. The van der Waals surface area contributed by atoms with Crippen LogP contribution in [0.25, 0.3) is 122 Å². The number of phenolic OH excluding ortho intramolecular Hbond substituents is 2. The molecule has 2 N–H and O–H groups in total. The lowest BCUT2D eigenvalue weighted by Gasteiger charge is -2.16. The summed E-state index contributed by atoms with van der Waals surface area (Å²) in [5, 5.41) is 28.0. The maximum Gasteiger partial charge on any atom is 0.124 e. The number of benzene rings is 11. The fraction of sp³-hybridized carbons (Fsp3) is 0. The number of aromatic hydroxyl groups is 2. The molecule has 0 saturated heterocycles. The number of rotatable bonds is 8. The van der Waals surface area contributed by atoms with E-state index < -0.39 is 0 Å². The summed E-state index contributed by atoms with van der Waals surface area (Å²) < 4.78 is 4.64. The van der Waals surface area contributed by atoms with Crippen LogP contribution in [0.15, 0.2) is 255 Å². The Morgan fingerprint density at radius 2 is 0.457 bits per heavy atom. The molecule has 0 fully saturated rings. The molecule has 0 bridgehead atoms. The van der Waals surface area contributed by atoms with Gasteiger partial charge in [-0.15, -0.1) is 0 Å². The Hall–Kier alpha value is -9.38. The number of phenols is 2. The second-order valence-electron chi connectivity index (χ2n) is 18.0. The molecule has 4 nitrogen and oxygen atoms in total. The number of hydrogen-bond donors (Lipinski definition) is 2. The zero-order chi connectivity index (χ0) is 46.7. The van der Waals surface area contributed by atoms with E-state index in [2.05, 4.69) is 228 Å². The van der Waals surface area contributed by atoms with Gasteiger partial charge in [0.05, 0.1) is 22.1 Å². The molecule has 0 spiro atoms. The van der Waals surface area contributed by atoms with E-state index in [1.165, 1.54) is 43.8 Å². The van der Waals surface area contributed by atoms with Crippen molar-refractivity contribution in [1.29, 1.82) is 0 Å². The van der Waals surface area contributed by atoms with Crippen molar-refractivity contribution in [2.24, 2.45) is 0 Å². The third-order valence-corrected chi connectivity index (χ3v) is 13.9. The highest BCUT2D eigenvalue weighted by Crippen LogP contribution is 2.46. The first-order valence-electron chi connectivity index (χ1n) is 23.7. The molecular formula is C66H44N2O2. The molecule has 2 aromatic heterocycles. The van der Waals surface area contributed by atoms with E-state index in [0.29, 0.717) is 11.1 Å². The molecule has 0 saturated carbocycles.